The molecule has 2 aromatic rings. The van der Waals surface area contributed by atoms with Crippen molar-refractivity contribution in [1.29, 1.82) is 0 Å². The fourth-order valence-electron chi connectivity index (χ4n) is 2.15. The van der Waals surface area contributed by atoms with Crippen LogP contribution in [0.4, 0.5) is 5.69 Å². The molecule has 1 aliphatic rings. The molecule has 90 valence electrons. The van der Waals surface area contributed by atoms with Crippen LogP contribution in [0.3, 0.4) is 0 Å². The average Bonchev–Trinajstić information content (AvgIpc) is 2.99. The zero-order valence-electron chi connectivity index (χ0n) is 9.56. The molecule has 1 atom stereocenters. The Morgan fingerprint density at radius 1 is 1.17 bits per heavy atom. The first-order valence-corrected chi connectivity index (χ1v) is 5.66. The van der Waals surface area contributed by atoms with Crippen molar-refractivity contribution in [2.45, 2.75) is 12.5 Å². The van der Waals surface area contributed by atoms with Crippen molar-refractivity contribution < 1.29 is 9.59 Å². The van der Waals surface area contributed by atoms with Crippen molar-refractivity contribution in [3.63, 3.8) is 0 Å². The van der Waals surface area contributed by atoms with Gasteiger partial charge in [-0.05, 0) is 12.1 Å². The Labute approximate surface area is 104 Å². The summed E-state index contributed by atoms with van der Waals surface area (Å²) in [6.07, 6.45) is 5.04. The van der Waals surface area contributed by atoms with E-state index in [2.05, 4.69) is 4.98 Å². The van der Waals surface area contributed by atoms with Crippen LogP contribution in [-0.4, -0.2) is 21.4 Å². The number of amides is 2. The second-order valence-electron chi connectivity index (χ2n) is 4.13. The molecular weight excluding hydrogens is 230 g/mol. The second-order valence-corrected chi connectivity index (χ2v) is 4.13. The van der Waals surface area contributed by atoms with Gasteiger partial charge in [-0.2, -0.15) is 0 Å². The fraction of sp³-hybridized carbons (Fsp3) is 0.154. The van der Waals surface area contributed by atoms with Gasteiger partial charge in [0.2, 0.25) is 5.91 Å². The summed E-state index contributed by atoms with van der Waals surface area (Å²) in [6, 6.07) is 8.50. The van der Waals surface area contributed by atoms with E-state index in [9.17, 15) is 9.59 Å². The van der Waals surface area contributed by atoms with Crippen molar-refractivity contribution >= 4 is 17.5 Å². The molecule has 5 heteroatoms. The lowest BCUT2D eigenvalue weighted by Gasteiger charge is -2.15. The van der Waals surface area contributed by atoms with Gasteiger partial charge in [-0.1, -0.05) is 18.2 Å². The van der Waals surface area contributed by atoms with Crippen molar-refractivity contribution in [1.82, 2.24) is 9.55 Å². The van der Waals surface area contributed by atoms with Crippen molar-refractivity contribution in [2.24, 2.45) is 0 Å². The van der Waals surface area contributed by atoms with Gasteiger partial charge in [-0.25, -0.2) is 9.88 Å². The number of hydrogen-bond donors (Lipinski definition) is 0. The van der Waals surface area contributed by atoms with E-state index in [0.29, 0.717) is 5.69 Å². The highest BCUT2D eigenvalue weighted by atomic mass is 16.2. The van der Waals surface area contributed by atoms with Crippen LogP contribution < -0.4 is 4.90 Å². The molecule has 18 heavy (non-hydrogen) atoms. The van der Waals surface area contributed by atoms with Gasteiger partial charge in [0.05, 0.1) is 18.4 Å². The van der Waals surface area contributed by atoms with E-state index in [1.165, 1.54) is 4.90 Å². The van der Waals surface area contributed by atoms with Crippen LogP contribution in [0.15, 0.2) is 49.1 Å². The molecule has 1 saturated heterocycles. The number of imide groups is 1. The average molecular weight is 241 g/mol. The smallest absolute Gasteiger partial charge is 0.257 e. The van der Waals surface area contributed by atoms with Crippen LogP contribution in [0.2, 0.25) is 0 Å². The van der Waals surface area contributed by atoms with Gasteiger partial charge in [-0.15, -0.1) is 0 Å². The van der Waals surface area contributed by atoms with Gasteiger partial charge < -0.3 is 4.57 Å². The van der Waals surface area contributed by atoms with Crippen molar-refractivity contribution in [2.75, 3.05) is 4.90 Å². The Balaban J connectivity index is 1.95. The molecular formula is C13H11N3O2. The molecule has 0 saturated carbocycles. The number of anilines is 1. The maximum atomic E-state index is 12.3. The maximum Gasteiger partial charge on any atom is 0.257 e. The Morgan fingerprint density at radius 3 is 2.61 bits per heavy atom. The van der Waals surface area contributed by atoms with E-state index in [1.54, 1.807) is 47.6 Å². The van der Waals surface area contributed by atoms with E-state index < -0.39 is 6.04 Å². The topological polar surface area (TPSA) is 55.2 Å². The molecule has 0 N–H and O–H groups in total. The SMILES string of the molecule is O=C1C[C@@H](n2ccnc2)C(=O)N1c1ccccc1. The number of rotatable bonds is 2. The Hall–Kier alpha value is -2.43. The first kappa shape index (κ1) is 10.7. The number of para-hydroxylation sites is 1. The number of imidazole rings is 1. The summed E-state index contributed by atoms with van der Waals surface area (Å²) in [5.41, 5.74) is 0.620. The zero-order valence-corrected chi connectivity index (χ0v) is 9.56. The third kappa shape index (κ3) is 1.60. The number of carbonyl (C=O) groups excluding carboxylic acids is 2. The summed E-state index contributed by atoms with van der Waals surface area (Å²) in [5, 5.41) is 0. The van der Waals surface area contributed by atoms with Crippen LogP contribution >= 0.6 is 0 Å². The summed E-state index contributed by atoms with van der Waals surface area (Å²) >= 11 is 0. The van der Waals surface area contributed by atoms with E-state index in [4.69, 9.17) is 0 Å². The fourth-order valence-corrected chi connectivity index (χ4v) is 2.15. The lowest BCUT2D eigenvalue weighted by Crippen LogP contribution is -2.30. The summed E-state index contributed by atoms with van der Waals surface area (Å²) in [5.74, 6) is -0.380. The van der Waals surface area contributed by atoms with Gasteiger partial charge in [0, 0.05) is 12.4 Å². The van der Waals surface area contributed by atoms with E-state index in [-0.39, 0.29) is 18.2 Å². The monoisotopic (exact) mass is 241 g/mol. The molecule has 1 aromatic heterocycles. The Morgan fingerprint density at radius 2 is 1.94 bits per heavy atom. The zero-order chi connectivity index (χ0) is 12.5. The normalized spacial score (nSPS) is 19.6. The molecule has 0 radical (unpaired) electrons. The maximum absolute atomic E-state index is 12.3. The van der Waals surface area contributed by atoms with Crippen molar-refractivity contribution in [3.05, 3.63) is 49.1 Å². The third-order valence-electron chi connectivity index (χ3n) is 3.02. The van der Waals surface area contributed by atoms with Crippen LogP contribution in [0.1, 0.15) is 12.5 Å². The van der Waals surface area contributed by atoms with Crippen LogP contribution in [0.5, 0.6) is 0 Å². The molecule has 2 heterocycles. The molecule has 3 rings (SSSR count). The van der Waals surface area contributed by atoms with Gasteiger partial charge in [0.15, 0.2) is 0 Å². The highest BCUT2D eigenvalue weighted by Crippen LogP contribution is 2.28. The number of carbonyl (C=O) groups is 2. The Bertz CT molecular complexity index is 578. The number of aromatic nitrogens is 2. The quantitative estimate of drug-likeness (QED) is 0.746. The lowest BCUT2D eigenvalue weighted by molar-refractivity contribution is -0.122. The van der Waals surface area contributed by atoms with E-state index in [1.807, 2.05) is 6.07 Å². The Kier molecular flexibility index (Phi) is 2.44. The molecule has 0 bridgehead atoms. The lowest BCUT2D eigenvalue weighted by atomic mass is 10.2. The molecule has 0 unspecified atom stereocenters. The molecule has 1 fully saturated rings. The van der Waals surface area contributed by atoms with E-state index in [0.717, 1.165) is 0 Å². The van der Waals surface area contributed by atoms with Gasteiger partial charge >= 0.3 is 0 Å². The van der Waals surface area contributed by atoms with Crippen LogP contribution in [0.25, 0.3) is 0 Å². The standard InChI is InChI=1S/C13H11N3O2/c17-12-8-11(15-7-6-14-9-15)13(18)16(12)10-4-2-1-3-5-10/h1-7,9,11H,8H2/t11-/m1/s1. The first-order valence-electron chi connectivity index (χ1n) is 5.66. The highest BCUT2D eigenvalue weighted by Gasteiger charge is 2.40. The molecule has 1 aliphatic heterocycles. The number of benzene rings is 1. The number of hydrogen-bond acceptors (Lipinski definition) is 3. The predicted octanol–water partition coefficient (Wildman–Crippen LogP) is 1.39. The minimum absolute atomic E-state index is 0.176. The number of nitrogens with zero attached hydrogens (tertiary/aromatic N) is 3. The van der Waals surface area contributed by atoms with Crippen molar-refractivity contribution in [3.8, 4) is 0 Å². The first-order chi connectivity index (χ1) is 8.77. The minimum Gasteiger partial charge on any atom is -0.324 e. The predicted molar refractivity (Wildman–Crippen MR) is 64.8 cm³/mol. The molecule has 5 nitrogen and oxygen atoms in total. The molecule has 0 spiro atoms. The van der Waals surface area contributed by atoms with Gasteiger partial charge in [-0.3, -0.25) is 9.59 Å². The largest absolute Gasteiger partial charge is 0.324 e. The van der Waals surface area contributed by atoms with Crippen LogP contribution in [0, 0.1) is 0 Å². The highest BCUT2D eigenvalue weighted by molar-refractivity contribution is 6.21. The second kappa shape index (κ2) is 4.10. The van der Waals surface area contributed by atoms with Gasteiger partial charge in [0.25, 0.3) is 5.91 Å². The summed E-state index contributed by atoms with van der Waals surface area (Å²) < 4.78 is 1.67. The molecule has 0 aliphatic carbocycles. The summed E-state index contributed by atoms with van der Waals surface area (Å²) in [7, 11) is 0. The van der Waals surface area contributed by atoms with Crippen LogP contribution in [-0.2, 0) is 9.59 Å². The molecule has 2 amide bonds. The van der Waals surface area contributed by atoms with E-state index >= 15 is 0 Å². The van der Waals surface area contributed by atoms with Gasteiger partial charge in [0.1, 0.15) is 6.04 Å². The summed E-state index contributed by atoms with van der Waals surface area (Å²) in [6.45, 7) is 0. The third-order valence-corrected chi connectivity index (χ3v) is 3.02. The molecule has 1 aromatic carbocycles. The minimum atomic E-state index is -0.472. The summed E-state index contributed by atoms with van der Waals surface area (Å²) in [4.78, 5) is 29.4.